The molecule has 1 aliphatic rings. The number of Topliss-reactive ketones (excluding diaryl/α,β-unsaturated/α-hetero) is 1. The van der Waals surface area contributed by atoms with Gasteiger partial charge in [0.2, 0.25) is 5.67 Å². The van der Waals surface area contributed by atoms with Crippen LogP contribution in [0.15, 0.2) is 30.3 Å². The van der Waals surface area contributed by atoms with E-state index in [4.69, 9.17) is 0 Å². The van der Waals surface area contributed by atoms with E-state index < -0.39 is 42.5 Å². The molecule has 1 aromatic carbocycles. The Bertz CT molecular complexity index is 485. The number of hydrogen-bond acceptors (Lipinski definition) is 2. The highest BCUT2D eigenvalue weighted by Gasteiger charge is 2.70. The van der Waals surface area contributed by atoms with Crippen molar-refractivity contribution in [2.75, 3.05) is 0 Å². The summed E-state index contributed by atoms with van der Waals surface area (Å²) in [4.78, 5) is 11.4. The molecule has 1 N–H and O–H groups in total. The SMILES string of the molecule is O=C1CCC(F)(C(F)(F)F)C(O)(c2ccccc2)C1. The predicted octanol–water partition coefficient (Wildman–Crippen LogP) is 2.90. The maximum atomic E-state index is 14.5. The summed E-state index contributed by atoms with van der Waals surface area (Å²) in [6.07, 6.45) is -7.68. The van der Waals surface area contributed by atoms with Gasteiger partial charge < -0.3 is 5.11 Å². The van der Waals surface area contributed by atoms with Crippen molar-refractivity contribution in [3.8, 4) is 0 Å². The Morgan fingerprint density at radius 3 is 2.26 bits per heavy atom. The first-order valence-electron chi connectivity index (χ1n) is 5.76. The first kappa shape index (κ1) is 14.0. The fraction of sp³-hybridized carbons (Fsp3) is 0.462. The lowest BCUT2D eigenvalue weighted by atomic mass is 9.68. The minimum Gasteiger partial charge on any atom is -0.381 e. The molecule has 0 spiro atoms. The van der Waals surface area contributed by atoms with Crippen molar-refractivity contribution < 1.29 is 27.5 Å². The van der Waals surface area contributed by atoms with Gasteiger partial charge in [-0.25, -0.2) is 4.39 Å². The van der Waals surface area contributed by atoms with E-state index in [-0.39, 0.29) is 5.56 Å². The van der Waals surface area contributed by atoms with E-state index in [0.717, 1.165) is 0 Å². The number of halogens is 4. The first-order valence-corrected chi connectivity index (χ1v) is 5.76. The summed E-state index contributed by atoms with van der Waals surface area (Å²) < 4.78 is 53.4. The van der Waals surface area contributed by atoms with Crippen molar-refractivity contribution in [1.82, 2.24) is 0 Å². The Morgan fingerprint density at radius 1 is 1.16 bits per heavy atom. The van der Waals surface area contributed by atoms with Crippen LogP contribution in [0, 0.1) is 0 Å². The van der Waals surface area contributed by atoms with Crippen LogP contribution in [-0.4, -0.2) is 22.7 Å². The molecule has 1 saturated carbocycles. The Hall–Kier alpha value is -1.43. The molecular weight excluding hydrogens is 264 g/mol. The third-order valence-corrected chi connectivity index (χ3v) is 3.56. The zero-order valence-corrected chi connectivity index (χ0v) is 9.88. The summed E-state index contributed by atoms with van der Waals surface area (Å²) in [5.74, 6) is -0.580. The minimum atomic E-state index is -5.24. The average molecular weight is 276 g/mol. The normalized spacial score (nSPS) is 32.4. The van der Waals surface area contributed by atoms with Crippen LogP contribution < -0.4 is 0 Å². The monoisotopic (exact) mass is 276 g/mol. The Labute approximate surface area is 107 Å². The van der Waals surface area contributed by atoms with E-state index in [1.54, 1.807) is 0 Å². The van der Waals surface area contributed by atoms with E-state index >= 15 is 0 Å². The highest BCUT2D eigenvalue weighted by molar-refractivity contribution is 5.81. The molecule has 1 aliphatic carbocycles. The second-order valence-corrected chi connectivity index (χ2v) is 4.74. The molecule has 1 fully saturated rings. The van der Waals surface area contributed by atoms with Gasteiger partial charge >= 0.3 is 6.18 Å². The van der Waals surface area contributed by atoms with E-state index in [2.05, 4.69) is 0 Å². The van der Waals surface area contributed by atoms with Crippen molar-refractivity contribution in [3.63, 3.8) is 0 Å². The number of carbonyl (C=O) groups excluding carboxylic acids is 1. The minimum absolute atomic E-state index is 0.233. The molecule has 2 unspecified atom stereocenters. The average Bonchev–Trinajstić information content (AvgIpc) is 2.34. The highest BCUT2D eigenvalue weighted by atomic mass is 19.4. The Kier molecular flexibility index (Phi) is 3.16. The van der Waals surface area contributed by atoms with Crippen LogP contribution in [0.25, 0.3) is 0 Å². The van der Waals surface area contributed by atoms with Crippen LogP contribution in [0.2, 0.25) is 0 Å². The van der Waals surface area contributed by atoms with E-state index in [1.807, 2.05) is 0 Å². The summed E-state index contributed by atoms with van der Waals surface area (Å²) >= 11 is 0. The molecular formula is C13H12F4O2. The summed E-state index contributed by atoms with van der Waals surface area (Å²) in [7, 11) is 0. The largest absolute Gasteiger partial charge is 0.425 e. The number of aliphatic hydroxyl groups is 1. The standard InChI is InChI=1S/C13H12F4O2/c14-12(13(15,16)17)7-6-10(18)8-11(12,19)9-4-2-1-3-5-9/h1-5,19H,6-8H2. The number of ketones is 1. The van der Waals surface area contributed by atoms with Crippen LogP contribution in [0.3, 0.4) is 0 Å². The van der Waals surface area contributed by atoms with Crippen molar-refractivity contribution in [2.45, 2.75) is 36.7 Å². The topological polar surface area (TPSA) is 37.3 Å². The quantitative estimate of drug-likeness (QED) is 0.801. The van der Waals surface area contributed by atoms with Gasteiger partial charge in [0.15, 0.2) is 0 Å². The molecule has 1 aromatic rings. The Balaban J connectivity index is 2.57. The van der Waals surface area contributed by atoms with Crippen LogP contribution >= 0.6 is 0 Å². The van der Waals surface area contributed by atoms with Gasteiger partial charge in [-0.15, -0.1) is 0 Å². The van der Waals surface area contributed by atoms with E-state index in [0.29, 0.717) is 0 Å². The summed E-state index contributed by atoms with van der Waals surface area (Å²) in [6, 6.07) is 6.70. The van der Waals surface area contributed by atoms with Gasteiger partial charge in [0, 0.05) is 19.3 Å². The lowest BCUT2D eigenvalue weighted by molar-refractivity contribution is -0.299. The second-order valence-electron chi connectivity index (χ2n) is 4.74. The third-order valence-electron chi connectivity index (χ3n) is 3.56. The first-order chi connectivity index (χ1) is 8.71. The molecule has 6 heteroatoms. The number of hydrogen-bond donors (Lipinski definition) is 1. The maximum Gasteiger partial charge on any atom is 0.425 e. The van der Waals surface area contributed by atoms with Crippen molar-refractivity contribution in [1.29, 1.82) is 0 Å². The molecule has 0 aliphatic heterocycles. The zero-order valence-electron chi connectivity index (χ0n) is 9.88. The van der Waals surface area contributed by atoms with Crippen LogP contribution in [0.4, 0.5) is 17.6 Å². The summed E-state index contributed by atoms with van der Waals surface area (Å²) in [5.41, 5.74) is -6.90. The molecule has 0 saturated heterocycles. The van der Waals surface area contributed by atoms with E-state index in [9.17, 15) is 27.5 Å². The van der Waals surface area contributed by atoms with Crippen LogP contribution in [0.1, 0.15) is 24.8 Å². The summed E-state index contributed by atoms with van der Waals surface area (Å²) in [5, 5.41) is 10.3. The number of benzene rings is 1. The predicted molar refractivity (Wildman–Crippen MR) is 59.1 cm³/mol. The smallest absolute Gasteiger partial charge is 0.381 e. The van der Waals surface area contributed by atoms with Crippen LogP contribution in [0.5, 0.6) is 0 Å². The van der Waals surface area contributed by atoms with Gasteiger partial charge in [-0.2, -0.15) is 13.2 Å². The fourth-order valence-corrected chi connectivity index (χ4v) is 2.45. The van der Waals surface area contributed by atoms with Gasteiger partial charge in [-0.1, -0.05) is 30.3 Å². The molecule has 2 rings (SSSR count). The van der Waals surface area contributed by atoms with Gasteiger partial charge in [0.1, 0.15) is 11.4 Å². The zero-order chi connectivity index (χ0) is 14.3. The van der Waals surface area contributed by atoms with E-state index in [1.165, 1.54) is 30.3 Å². The number of alkyl halides is 4. The molecule has 0 amide bonds. The molecule has 2 atom stereocenters. The lowest BCUT2D eigenvalue weighted by Gasteiger charge is -2.45. The van der Waals surface area contributed by atoms with Gasteiger partial charge in [0.05, 0.1) is 0 Å². The van der Waals surface area contributed by atoms with Crippen LogP contribution in [-0.2, 0) is 10.4 Å². The van der Waals surface area contributed by atoms with Crippen molar-refractivity contribution in [2.24, 2.45) is 0 Å². The van der Waals surface area contributed by atoms with Gasteiger partial charge in [-0.3, -0.25) is 4.79 Å². The molecule has 2 nitrogen and oxygen atoms in total. The molecule has 0 radical (unpaired) electrons. The number of rotatable bonds is 1. The van der Waals surface area contributed by atoms with Gasteiger partial charge in [0.25, 0.3) is 0 Å². The third kappa shape index (κ3) is 2.04. The van der Waals surface area contributed by atoms with Crippen molar-refractivity contribution >= 4 is 5.78 Å². The molecule has 0 aromatic heterocycles. The molecule has 104 valence electrons. The number of carbonyl (C=O) groups is 1. The highest BCUT2D eigenvalue weighted by Crippen LogP contribution is 2.54. The van der Waals surface area contributed by atoms with Crippen molar-refractivity contribution in [3.05, 3.63) is 35.9 Å². The Morgan fingerprint density at radius 2 is 1.74 bits per heavy atom. The van der Waals surface area contributed by atoms with Gasteiger partial charge in [-0.05, 0) is 5.56 Å². The molecule has 19 heavy (non-hydrogen) atoms. The summed E-state index contributed by atoms with van der Waals surface area (Å²) in [6.45, 7) is 0. The molecule has 0 heterocycles. The fourth-order valence-electron chi connectivity index (χ4n) is 2.45. The lowest BCUT2D eigenvalue weighted by Crippen LogP contribution is -2.61. The second kappa shape index (κ2) is 4.30. The maximum absolute atomic E-state index is 14.5. The molecule has 0 bridgehead atoms.